The number of aryl methyl sites for hydroxylation is 1. The molecule has 2 heterocycles. The maximum absolute atomic E-state index is 12.2. The van der Waals surface area contributed by atoms with Gasteiger partial charge in [-0.1, -0.05) is 6.07 Å². The molecule has 1 aliphatic heterocycles. The molecule has 0 saturated heterocycles. The number of aromatic nitrogens is 1. The topological polar surface area (TPSA) is 46.1 Å². The van der Waals surface area contributed by atoms with Gasteiger partial charge in [-0.3, -0.25) is 4.79 Å². The number of nitrogens with one attached hydrogen (secondary N) is 2. The van der Waals surface area contributed by atoms with Crippen molar-refractivity contribution < 1.29 is 4.79 Å². The van der Waals surface area contributed by atoms with Crippen LogP contribution >= 0.6 is 0 Å². The molecule has 3 rings (SSSR count). The molecule has 1 aliphatic rings. The maximum Gasteiger partial charge on any atom is 0.251 e. The number of benzene rings is 1. The number of carbonyl (C=O) groups excluding carboxylic acids is 1. The van der Waals surface area contributed by atoms with E-state index in [0.717, 1.165) is 30.8 Å². The van der Waals surface area contributed by atoms with Gasteiger partial charge in [0.25, 0.3) is 5.91 Å². The average Bonchev–Trinajstić information content (AvgIpc) is 2.89. The van der Waals surface area contributed by atoms with E-state index >= 15 is 0 Å². The highest BCUT2D eigenvalue weighted by Crippen LogP contribution is 2.16. The zero-order valence-corrected chi connectivity index (χ0v) is 11.6. The zero-order chi connectivity index (χ0) is 13.9. The molecule has 0 aliphatic carbocycles. The second-order valence-corrected chi connectivity index (χ2v) is 5.20. The number of hydrogen-bond acceptors (Lipinski definition) is 2. The Balaban J connectivity index is 1.69. The highest BCUT2D eigenvalue weighted by atomic mass is 16.1. The normalized spacial score (nSPS) is 13.8. The molecule has 104 valence electrons. The van der Waals surface area contributed by atoms with E-state index in [4.69, 9.17) is 0 Å². The summed E-state index contributed by atoms with van der Waals surface area (Å²) in [7, 11) is 1.98. The van der Waals surface area contributed by atoms with Crippen LogP contribution in [0.15, 0.2) is 36.5 Å². The Morgan fingerprint density at radius 1 is 1.35 bits per heavy atom. The van der Waals surface area contributed by atoms with E-state index < -0.39 is 0 Å². The van der Waals surface area contributed by atoms with Crippen molar-refractivity contribution in [3.05, 3.63) is 58.9 Å². The molecule has 0 unspecified atom stereocenters. The summed E-state index contributed by atoms with van der Waals surface area (Å²) in [6.07, 6.45) is 3.02. The summed E-state index contributed by atoms with van der Waals surface area (Å²) in [5.41, 5.74) is 4.42. The molecular weight excluding hydrogens is 250 g/mol. The smallest absolute Gasteiger partial charge is 0.251 e. The molecule has 0 fully saturated rings. The summed E-state index contributed by atoms with van der Waals surface area (Å²) >= 11 is 0. The van der Waals surface area contributed by atoms with Crippen molar-refractivity contribution in [3.8, 4) is 0 Å². The van der Waals surface area contributed by atoms with Crippen LogP contribution in [-0.2, 0) is 26.6 Å². The van der Waals surface area contributed by atoms with Gasteiger partial charge in [0.15, 0.2) is 0 Å². The molecular formula is C16H19N3O. The third kappa shape index (κ3) is 2.60. The summed E-state index contributed by atoms with van der Waals surface area (Å²) in [4.78, 5) is 12.2. The number of fused-ring (bicyclic) bond motifs is 1. The van der Waals surface area contributed by atoms with Crippen LogP contribution in [0.25, 0.3) is 0 Å². The summed E-state index contributed by atoms with van der Waals surface area (Å²) in [5, 5.41) is 6.30. The van der Waals surface area contributed by atoms with Gasteiger partial charge < -0.3 is 15.2 Å². The van der Waals surface area contributed by atoms with Gasteiger partial charge in [0.05, 0.1) is 6.54 Å². The quantitative estimate of drug-likeness (QED) is 0.889. The predicted molar refractivity (Wildman–Crippen MR) is 78.4 cm³/mol. The third-order valence-electron chi connectivity index (χ3n) is 3.84. The van der Waals surface area contributed by atoms with Crippen LogP contribution in [-0.4, -0.2) is 17.0 Å². The van der Waals surface area contributed by atoms with Gasteiger partial charge in [-0.2, -0.15) is 0 Å². The first-order valence-corrected chi connectivity index (χ1v) is 6.95. The summed E-state index contributed by atoms with van der Waals surface area (Å²) in [6.45, 7) is 2.43. The minimum Gasteiger partial charge on any atom is -0.353 e. The van der Waals surface area contributed by atoms with E-state index in [-0.39, 0.29) is 5.91 Å². The highest BCUT2D eigenvalue weighted by molar-refractivity contribution is 5.94. The third-order valence-corrected chi connectivity index (χ3v) is 3.84. The SMILES string of the molecule is Cn1cccc1CNC(=O)c1ccc2c(c1)CNCC2. The molecule has 1 aromatic carbocycles. The molecule has 0 radical (unpaired) electrons. The van der Waals surface area contributed by atoms with Crippen molar-refractivity contribution in [1.82, 2.24) is 15.2 Å². The molecule has 2 N–H and O–H groups in total. The Labute approximate surface area is 118 Å². The van der Waals surface area contributed by atoms with Gasteiger partial charge in [0.2, 0.25) is 0 Å². The molecule has 1 amide bonds. The van der Waals surface area contributed by atoms with Crippen molar-refractivity contribution in [2.24, 2.45) is 7.05 Å². The van der Waals surface area contributed by atoms with Crippen LogP contribution in [0.4, 0.5) is 0 Å². The van der Waals surface area contributed by atoms with Crippen molar-refractivity contribution >= 4 is 5.91 Å². The summed E-state index contributed by atoms with van der Waals surface area (Å²) < 4.78 is 2.01. The highest BCUT2D eigenvalue weighted by Gasteiger charge is 2.12. The summed E-state index contributed by atoms with van der Waals surface area (Å²) in [6, 6.07) is 9.99. The van der Waals surface area contributed by atoms with Crippen LogP contribution < -0.4 is 10.6 Å². The van der Waals surface area contributed by atoms with Gasteiger partial charge >= 0.3 is 0 Å². The standard InChI is InChI=1S/C16H19N3O/c1-19-8-2-3-15(19)11-18-16(20)13-5-4-12-6-7-17-10-14(12)9-13/h2-5,8-9,17H,6-7,10-11H2,1H3,(H,18,20). The molecule has 0 saturated carbocycles. The molecule has 0 bridgehead atoms. The molecule has 1 aromatic heterocycles. The van der Waals surface area contributed by atoms with E-state index in [0.29, 0.717) is 6.54 Å². The molecule has 20 heavy (non-hydrogen) atoms. The van der Waals surface area contributed by atoms with E-state index in [9.17, 15) is 4.79 Å². The Hall–Kier alpha value is -2.07. The van der Waals surface area contributed by atoms with Crippen molar-refractivity contribution in [3.63, 3.8) is 0 Å². The second kappa shape index (κ2) is 5.51. The molecule has 4 nitrogen and oxygen atoms in total. The lowest BCUT2D eigenvalue weighted by atomic mass is 9.98. The monoisotopic (exact) mass is 269 g/mol. The Morgan fingerprint density at radius 3 is 3.05 bits per heavy atom. The minimum atomic E-state index is -0.0143. The fraction of sp³-hybridized carbons (Fsp3) is 0.312. The molecule has 2 aromatic rings. The van der Waals surface area contributed by atoms with E-state index in [2.05, 4.69) is 16.7 Å². The van der Waals surface area contributed by atoms with Crippen LogP contribution in [0.1, 0.15) is 27.2 Å². The lowest BCUT2D eigenvalue weighted by molar-refractivity contribution is 0.0950. The first kappa shape index (κ1) is 12.9. The lowest BCUT2D eigenvalue weighted by Crippen LogP contribution is -2.26. The van der Waals surface area contributed by atoms with Gasteiger partial charge in [0, 0.05) is 31.0 Å². The summed E-state index contributed by atoms with van der Waals surface area (Å²) in [5.74, 6) is -0.0143. The molecule has 0 spiro atoms. The molecule has 4 heteroatoms. The Bertz CT molecular complexity index is 630. The maximum atomic E-state index is 12.2. The number of amides is 1. The van der Waals surface area contributed by atoms with E-state index in [1.165, 1.54) is 11.1 Å². The van der Waals surface area contributed by atoms with E-state index in [1.54, 1.807) is 0 Å². The van der Waals surface area contributed by atoms with E-state index in [1.807, 2.05) is 42.1 Å². The van der Waals surface area contributed by atoms with Crippen LogP contribution in [0.5, 0.6) is 0 Å². The lowest BCUT2D eigenvalue weighted by Gasteiger charge is -2.17. The van der Waals surface area contributed by atoms with Crippen LogP contribution in [0, 0.1) is 0 Å². The Kier molecular flexibility index (Phi) is 3.56. The van der Waals surface area contributed by atoms with Crippen molar-refractivity contribution in [1.29, 1.82) is 0 Å². The average molecular weight is 269 g/mol. The van der Waals surface area contributed by atoms with Crippen molar-refractivity contribution in [2.45, 2.75) is 19.5 Å². The fourth-order valence-electron chi connectivity index (χ4n) is 2.57. The minimum absolute atomic E-state index is 0.0143. The van der Waals surface area contributed by atoms with Crippen LogP contribution in [0.3, 0.4) is 0 Å². The van der Waals surface area contributed by atoms with Gasteiger partial charge in [0.1, 0.15) is 0 Å². The predicted octanol–water partition coefficient (Wildman–Crippen LogP) is 1.60. The number of nitrogens with zero attached hydrogens (tertiary/aromatic N) is 1. The zero-order valence-electron chi connectivity index (χ0n) is 11.6. The van der Waals surface area contributed by atoms with Crippen molar-refractivity contribution in [2.75, 3.05) is 6.54 Å². The first-order chi connectivity index (χ1) is 9.74. The fourth-order valence-corrected chi connectivity index (χ4v) is 2.57. The Morgan fingerprint density at radius 2 is 2.25 bits per heavy atom. The largest absolute Gasteiger partial charge is 0.353 e. The van der Waals surface area contributed by atoms with Crippen LogP contribution in [0.2, 0.25) is 0 Å². The van der Waals surface area contributed by atoms with Gasteiger partial charge in [-0.25, -0.2) is 0 Å². The van der Waals surface area contributed by atoms with Gasteiger partial charge in [-0.15, -0.1) is 0 Å². The van der Waals surface area contributed by atoms with Gasteiger partial charge in [-0.05, 0) is 48.4 Å². The molecule has 0 atom stereocenters. The number of carbonyl (C=O) groups is 1. The first-order valence-electron chi connectivity index (χ1n) is 6.95. The second-order valence-electron chi connectivity index (χ2n) is 5.20. The number of hydrogen-bond donors (Lipinski definition) is 2. The number of rotatable bonds is 3.